The summed E-state index contributed by atoms with van der Waals surface area (Å²) in [5.41, 5.74) is 0.737. The first-order chi connectivity index (χ1) is 7.56. The highest BCUT2D eigenvalue weighted by atomic mass is 16.5. The Morgan fingerprint density at radius 2 is 2.06 bits per heavy atom. The van der Waals surface area contributed by atoms with Crippen molar-refractivity contribution in [1.29, 1.82) is 0 Å². The maximum absolute atomic E-state index is 11.5. The van der Waals surface area contributed by atoms with Crippen molar-refractivity contribution in [2.24, 2.45) is 0 Å². The van der Waals surface area contributed by atoms with Crippen LogP contribution in [-0.4, -0.2) is 35.5 Å². The van der Waals surface area contributed by atoms with E-state index in [-0.39, 0.29) is 6.61 Å². The summed E-state index contributed by atoms with van der Waals surface area (Å²) < 4.78 is 4.59. The fraction of sp³-hybridized carbons (Fsp3) is 0.400. The molecule has 0 N–H and O–H groups in total. The number of aryl methyl sites for hydroxylation is 1. The highest BCUT2D eigenvalue weighted by molar-refractivity contribution is 6.37. The molecule has 6 heteroatoms. The minimum Gasteiger partial charge on any atom is -0.459 e. The summed E-state index contributed by atoms with van der Waals surface area (Å²) in [7, 11) is 1.44. The van der Waals surface area contributed by atoms with Crippen molar-refractivity contribution in [3.8, 4) is 0 Å². The number of hydrogen-bond donors (Lipinski definition) is 0. The first-order valence-electron chi connectivity index (χ1n) is 4.79. The summed E-state index contributed by atoms with van der Waals surface area (Å²) in [6.45, 7) is 3.58. The molecule has 1 amide bonds. The lowest BCUT2D eigenvalue weighted by atomic mass is 10.4. The molecule has 0 aliphatic heterocycles. The van der Waals surface area contributed by atoms with Gasteiger partial charge in [0.15, 0.2) is 5.82 Å². The van der Waals surface area contributed by atoms with Gasteiger partial charge in [-0.2, -0.15) is 0 Å². The largest absolute Gasteiger partial charge is 0.459 e. The van der Waals surface area contributed by atoms with E-state index in [0.29, 0.717) is 5.82 Å². The molecule has 1 rings (SSSR count). The van der Waals surface area contributed by atoms with Crippen molar-refractivity contribution in [1.82, 2.24) is 9.97 Å². The molecule has 0 atom stereocenters. The van der Waals surface area contributed by atoms with Crippen LogP contribution in [0.4, 0.5) is 5.82 Å². The number of ether oxygens (including phenoxy) is 1. The topological polar surface area (TPSA) is 72.4 Å². The molecule has 0 bridgehead atoms. The third-order valence-electron chi connectivity index (χ3n) is 1.87. The molecule has 0 spiro atoms. The van der Waals surface area contributed by atoms with Gasteiger partial charge in [-0.1, -0.05) is 0 Å². The van der Waals surface area contributed by atoms with Gasteiger partial charge in [-0.05, 0) is 13.8 Å². The number of anilines is 1. The minimum absolute atomic E-state index is 0.165. The maximum atomic E-state index is 11.5. The Hall–Kier alpha value is -1.98. The number of hydrogen-bond acceptors (Lipinski definition) is 5. The van der Waals surface area contributed by atoms with Crippen LogP contribution in [0, 0.1) is 6.92 Å². The molecular formula is C10H13N3O3. The minimum atomic E-state index is -0.896. The summed E-state index contributed by atoms with van der Waals surface area (Å²) >= 11 is 0. The van der Waals surface area contributed by atoms with Crippen LogP contribution in [0.1, 0.15) is 12.6 Å². The quantitative estimate of drug-likeness (QED) is 0.533. The Morgan fingerprint density at radius 1 is 1.38 bits per heavy atom. The highest BCUT2D eigenvalue weighted by Crippen LogP contribution is 2.07. The Morgan fingerprint density at radius 3 is 2.56 bits per heavy atom. The predicted octanol–water partition coefficient (Wildman–Crippen LogP) is 0.311. The lowest BCUT2D eigenvalue weighted by Crippen LogP contribution is -2.35. The normalized spacial score (nSPS) is 9.69. The van der Waals surface area contributed by atoms with Crippen molar-refractivity contribution in [3.63, 3.8) is 0 Å². The van der Waals surface area contributed by atoms with Gasteiger partial charge in [0.2, 0.25) is 0 Å². The van der Waals surface area contributed by atoms with Crippen molar-refractivity contribution >= 4 is 17.7 Å². The Labute approximate surface area is 93.3 Å². The van der Waals surface area contributed by atoms with Crippen molar-refractivity contribution in [2.75, 3.05) is 18.6 Å². The van der Waals surface area contributed by atoms with E-state index < -0.39 is 11.9 Å². The fourth-order valence-electron chi connectivity index (χ4n) is 0.993. The predicted molar refractivity (Wildman–Crippen MR) is 56.8 cm³/mol. The molecular weight excluding hydrogens is 210 g/mol. The van der Waals surface area contributed by atoms with Gasteiger partial charge in [-0.25, -0.2) is 9.78 Å². The van der Waals surface area contributed by atoms with E-state index in [0.717, 1.165) is 10.6 Å². The Balaban J connectivity index is 2.77. The average Bonchev–Trinajstić information content (AvgIpc) is 2.28. The van der Waals surface area contributed by atoms with Gasteiger partial charge in [0.1, 0.15) is 0 Å². The van der Waals surface area contributed by atoms with Crippen LogP contribution >= 0.6 is 0 Å². The van der Waals surface area contributed by atoms with Crippen LogP contribution in [0.25, 0.3) is 0 Å². The summed E-state index contributed by atoms with van der Waals surface area (Å²) in [6, 6.07) is 0. The van der Waals surface area contributed by atoms with Crippen molar-refractivity contribution < 1.29 is 14.3 Å². The van der Waals surface area contributed by atoms with E-state index >= 15 is 0 Å². The summed E-state index contributed by atoms with van der Waals surface area (Å²) in [6.07, 6.45) is 2.94. The zero-order valence-electron chi connectivity index (χ0n) is 9.43. The van der Waals surface area contributed by atoms with Crippen LogP contribution in [0.3, 0.4) is 0 Å². The lowest BCUT2D eigenvalue weighted by molar-refractivity contribution is -0.153. The molecule has 0 fully saturated rings. The van der Waals surface area contributed by atoms with E-state index in [9.17, 15) is 9.59 Å². The first kappa shape index (κ1) is 12.1. The van der Waals surface area contributed by atoms with Gasteiger partial charge >= 0.3 is 11.9 Å². The van der Waals surface area contributed by atoms with Gasteiger partial charge < -0.3 is 4.74 Å². The van der Waals surface area contributed by atoms with E-state index in [1.807, 2.05) is 0 Å². The van der Waals surface area contributed by atoms with Crippen molar-refractivity contribution in [3.05, 3.63) is 18.1 Å². The molecule has 0 aromatic carbocycles. The smallest absolute Gasteiger partial charge is 0.397 e. The van der Waals surface area contributed by atoms with Crippen LogP contribution in [0.5, 0.6) is 0 Å². The molecule has 0 unspecified atom stereocenters. The number of likely N-dealkylation sites (N-methyl/N-ethyl adjacent to an activating group) is 1. The summed E-state index contributed by atoms with van der Waals surface area (Å²) in [5.74, 6) is -1.35. The first-order valence-corrected chi connectivity index (χ1v) is 4.79. The van der Waals surface area contributed by atoms with Crippen LogP contribution in [-0.2, 0) is 14.3 Å². The molecule has 0 aliphatic rings. The molecule has 1 aromatic heterocycles. The average molecular weight is 223 g/mol. The zero-order chi connectivity index (χ0) is 12.1. The molecule has 1 aromatic rings. The molecule has 16 heavy (non-hydrogen) atoms. The number of carbonyl (C=O) groups excluding carboxylic acids is 2. The van der Waals surface area contributed by atoms with Gasteiger partial charge in [-0.15, -0.1) is 0 Å². The van der Waals surface area contributed by atoms with E-state index in [1.54, 1.807) is 13.8 Å². The molecule has 0 saturated carbocycles. The lowest BCUT2D eigenvalue weighted by Gasteiger charge is -2.14. The van der Waals surface area contributed by atoms with Gasteiger partial charge in [0.05, 0.1) is 24.7 Å². The van der Waals surface area contributed by atoms with E-state index in [2.05, 4.69) is 14.7 Å². The number of esters is 1. The molecule has 1 heterocycles. The molecule has 0 aliphatic carbocycles. The number of carbonyl (C=O) groups is 2. The van der Waals surface area contributed by atoms with Crippen LogP contribution in [0.15, 0.2) is 12.4 Å². The number of aromatic nitrogens is 2. The fourth-order valence-corrected chi connectivity index (χ4v) is 0.993. The highest BCUT2D eigenvalue weighted by Gasteiger charge is 2.21. The van der Waals surface area contributed by atoms with Crippen LogP contribution < -0.4 is 4.90 Å². The third kappa shape index (κ3) is 2.75. The van der Waals surface area contributed by atoms with Crippen molar-refractivity contribution in [2.45, 2.75) is 13.8 Å². The second-order valence-electron chi connectivity index (χ2n) is 3.10. The van der Waals surface area contributed by atoms with E-state index in [4.69, 9.17) is 0 Å². The molecule has 6 nitrogen and oxygen atoms in total. The number of amides is 1. The standard InChI is InChI=1S/C10H13N3O3/c1-4-16-10(15)9(14)13(3)8-6-11-7(2)5-12-8/h5-6H,4H2,1-3H3. The number of rotatable bonds is 2. The van der Waals surface area contributed by atoms with Gasteiger partial charge in [0, 0.05) is 7.05 Å². The zero-order valence-corrected chi connectivity index (χ0v) is 9.43. The van der Waals surface area contributed by atoms with Crippen LogP contribution in [0.2, 0.25) is 0 Å². The summed E-state index contributed by atoms with van der Waals surface area (Å²) in [4.78, 5) is 31.7. The monoisotopic (exact) mass is 223 g/mol. The SMILES string of the molecule is CCOC(=O)C(=O)N(C)c1cnc(C)cn1. The summed E-state index contributed by atoms with van der Waals surface area (Å²) in [5, 5.41) is 0. The Kier molecular flexibility index (Phi) is 3.93. The Bertz CT molecular complexity index is 389. The van der Waals surface area contributed by atoms with Gasteiger partial charge in [-0.3, -0.25) is 14.7 Å². The number of nitrogens with zero attached hydrogens (tertiary/aromatic N) is 3. The maximum Gasteiger partial charge on any atom is 0.397 e. The van der Waals surface area contributed by atoms with Gasteiger partial charge in [0.25, 0.3) is 0 Å². The van der Waals surface area contributed by atoms with E-state index in [1.165, 1.54) is 19.4 Å². The third-order valence-corrected chi connectivity index (χ3v) is 1.87. The molecule has 0 radical (unpaired) electrons. The molecule has 0 saturated heterocycles. The molecule has 86 valence electrons. The second kappa shape index (κ2) is 5.20. The second-order valence-corrected chi connectivity index (χ2v) is 3.10.